The van der Waals surface area contributed by atoms with E-state index >= 15 is 0 Å². The second-order valence-electron chi connectivity index (χ2n) is 4.96. The number of alkyl halides is 1. The largest absolute Gasteiger partial charge is 0.295 e. The molecule has 0 fully saturated rings. The molecular formula is C16H11Cl3N2O6. The molecule has 0 spiro atoms. The minimum absolute atomic E-state index is 0.00104. The molecule has 0 heterocycles. The smallest absolute Gasteiger partial charge is 0.288 e. The Labute approximate surface area is 167 Å². The van der Waals surface area contributed by atoms with Crippen molar-refractivity contribution in [2.24, 2.45) is 0 Å². The molecule has 0 amide bonds. The number of halogens is 3. The van der Waals surface area contributed by atoms with E-state index in [0.29, 0.717) is 0 Å². The third-order valence-electron chi connectivity index (χ3n) is 3.14. The van der Waals surface area contributed by atoms with Crippen LogP contribution < -0.4 is 0 Å². The first-order valence-corrected chi connectivity index (χ1v) is 8.35. The van der Waals surface area contributed by atoms with Gasteiger partial charge in [0.15, 0.2) is 11.6 Å². The van der Waals surface area contributed by atoms with Crippen molar-refractivity contribution >= 4 is 57.7 Å². The Hall–Kier alpha value is -2.55. The number of ketones is 2. The minimum atomic E-state index is -0.645. The van der Waals surface area contributed by atoms with E-state index in [-0.39, 0.29) is 50.0 Å². The fraction of sp³-hybridized carbons (Fsp3) is 0.125. The molecule has 0 radical (unpaired) electrons. The Kier molecular flexibility index (Phi) is 8.30. The van der Waals surface area contributed by atoms with Crippen LogP contribution in [0, 0.1) is 20.2 Å². The van der Waals surface area contributed by atoms with Gasteiger partial charge in [0.1, 0.15) is 10.0 Å². The second kappa shape index (κ2) is 9.96. The summed E-state index contributed by atoms with van der Waals surface area (Å²) < 4.78 is 0. The van der Waals surface area contributed by atoms with Gasteiger partial charge in [0.25, 0.3) is 11.4 Å². The van der Waals surface area contributed by atoms with Crippen molar-refractivity contribution in [1.29, 1.82) is 0 Å². The van der Waals surface area contributed by atoms with Crippen molar-refractivity contribution < 1.29 is 19.4 Å². The van der Waals surface area contributed by atoms with E-state index in [4.69, 9.17) is 34.8 Å². The van der Waals surface area contributed by atoms with E-state index in [1.54, 1.807) is 0 Å². The third-order valence-corrected chi connectivity index (χ3v) is 4.02. The van der Waals surface area contributed by atoms with Crippen molar-refractivity contribution in [3.8, 4) is 0 Å². The van der Waals surface area contributed by atoms with Gasteiger partial charge in [-0.3, -0.25) is 29.8 Å². The average molecular weight is 434 g/mol. The topological polar surface area (TPSA) is 120 Å². The Bertz CT molecular complexity index is 917. The van der Waals surface area contributed by atoms with Gasteiger partial charge < -0.3 is 0 Å². The van der Waals surface area contributed by atoms with Crippen molar-refractivity contribution in [1.82, 2.24) is 0 Å². The van der Waals surface area contributed by atoms with Crippen molar-refractivity contribution in [2.75, 3.05) is 5.88 Å². The number of nitro groups is 2. The fourth-order valence-electron chi connectivity index (χ4n) is 1.77. The molecule has 0 aromatic heterocycles. The monoisotopic (exact) mass is 432 g/mol. The molecule has 0 aliphatic rings. The molecule has 0 bridgehead atoms. The normalized spacial score (nSPS) is 9.78. The lowest BCUT2D eigenvalue weighted by atomic mass is 10.1. The molecule has 8 nitrogen and oxygen atoms in total. The van der Waals surface area contributed by atoms with Crippen LogP contribution in [-0.4, -0.2) is 27.3 Å². The van der Waals surface area contributed by atoms with E-state index in [1.165, 1.54) is 37.3 Å². The number of nitro benzene ring substituents is 2. The summed E-state index contributed by atoms with van der Waals surface area (Å²) in [6, 6.07) is 7.80. The molecule has 0 aliphatic heterocycles. The molecule has 0 saturated carbocycles. The summed E-state index contributed by atoms with van der Waals surface area (Å²) in [6.45, 7) is 1.34. The number of hydrogen-bond donors (Lipinski definition) is 0. The maximum Gasteiger partial charge on any atom is 0.288 e. The quantitative estimate of drug-likeness (QED) is 0.279. The predicted octanol–water partition coefficient (Wildman–Crippen LogP) is 5.12. The molecule has 142 valence electrons. The molecule has 0 N–H and O–H groups in total. The highest BCUT2D eigenvalue weighted by atomic mass is 35.5. The van der Waals surface area contributed by atoms with Gasteiger partial charge in [0.05, 0.1) is 15.7 Å². The first kappa shape index (κ1) is 22.5. The van der Waals surface area contributed by atoms with Crippen LogP contribution in [0.4, 0.5) is 11.4 Å². The van der Waals surface area contributed by atoms with Crippen LogP contribution in [-0.2, 0) is 0 Å². The number of benzene rings is 2. The zero-order chi connectivity index (χ0) is 20.7. The van der Waals surface area contributed by atoms with E-state index in [0.717, 1.165) is 6.07 Å². The lowest BCUT2D eigenvalue weighted by molar-refractivity contribution is -0.384. The summed E-state index contributed by atoms with van der Waals surface area (Å²) >= 11 is 16.4. The Morgan fingerprint density at radius 3 is 1.67 bits per heavy atom. The summed E-state index contributed by atoms with van der Waals surface area (Å²) in [5, 5.41) is 20.9. The fourth-order valence-corrected chi connectivity index (χ4v) is 2.30. The van der Waals surface area contributed by atoms with Crippen molar-refractivity contribution in [3.05, 3.63) is 77.8 Å². The van der Waals surface area contributed by atoms with E-state index in [1.807, 2.05) is 0 Å². The van der Waals surface area contributed by atoms with Crippen LogP contribution in [0.1, 0.15) is 27.6 Å². The Morgan fingerprint density at radius 1 is 0.889 bits per heavy atom. The standard InChI is InChI=1S/C8H5Cl2NO3.C8H6ClNO3/c9-4-8(12)5-1-2-6(10)7(3-5)11(13)14;1-5(11)6-2-3-7(9)8(4-6)10(12)13/h1-3H,4H2;2-4H,1H3. The molecule has 0 aliphatic carbocycles. The number of carbonyl (C=O) groups excluding carboxylic acids is 2. The van der Waals surface area contributed by atoms with Gasteiger partial charge in [-0.25, -0.2) is 0 Å². The van der Waals surface area contributed by atoms with Crippen LogP contribution in [0.15, 0.2) is 36.4 Å². The predicted molar refractivity (Wildman–Crippen MR) is 101 cm³/mol. The average Bonchev–Trinajstić information content (AvgIpc) is 2.61. The minimum Gasteiger partial charge on any atom is -0.295 e. The first-order valence-electron chi connectivity index (χ1n) is 7.06. The zero-order valence-electron chi connectivity index (χ0n) is 13.6. The van der Waals surface area contributed by atoms with Crippen LogP contribution in [0.25, 0.3) is 0 Å². The highest BCUT2D eigenvalue weighted by Gasteiger charge is 2.15. The molecule has 2 rings (SSSR count). The van der Waals surface area contributed by atoms with Gasteiger partial charge in [-0.1, -0.05) is 23.2 Å². The van der Waals surface area contributed by atoms with E-state index in [2.05, 4.69) is 0 Å². The van der Waals surface area contributed by atoms with Crippen LogP contribution >= 0.6 is 34.8 Å². The van der Waals surface area contributed by atoms with Gasteiger partial charge in [0.2, 0.25) is 0 Å². The third kappa shape index (κ3) is 6.28. The Balaban J connectivity index is 0.000000271. The molecule has 2 aromatic carbocycles. The molecule has 0 saturated heterocycles. The van der Waals surface area contributed by atoms with Gasteiger partial charge in [0, 0.05) is 23.3 Å². The summed E-state index contributed by atoms with van der Waals surface area (Å²) in [7, 11) is 0. The molecular weight excluding hydrogens is 423 g/mol. The van der Waals surface area contributed by atoms with E-state index in [9.17, 15) is 29.8 Å². The van der Waals surface area contributed by atoms with Gasteiger partial charge >= 0.3 is 0 Å². The summed E-state index contributed by atoms with van der Waals surface area (Å²) in [4.78, 5) is 41.6. The number of Topliss-reactive ketones (excluding diaryl/α,β-unsaturated/α-hetero) is 2. The molecule has 2 aromatic rings. The van der Waals surface area contributed by atoms with E-state index < -0.39 is 9.85 Å². The van der Waals surface area contributed by atoms with Gasteiger partial charge in [-0.2, -0.15) is 0 Å². The number of hydrogen-bond acceptors (Lipinski definition) is 6. The summed E-state index contributed by atoms with van der Waals surface area (Å²) in [6.07, 6.45) is 0. The second-order valence-corrected chi connectivity index (χ2v) is 6.04. The van der Waals surface area contributed by atoms with Crippen molar-refractivity contribution in [2.45, 2.75) is 6.92 Å². The summed E-state index contributed by atoms with van der Waals surface area (Å²) in [5.41, 5.74) is -0.0517. The van der Waals surface area contributed by atoms with Crippen LogP contribution in [0.5, 0.6) is 0 Å². The Morgan fingerprint density at radius 2 is 1.30 bits per heavy atom. The van der Waals surface area contributed by atoms with Crippen molar-refractivity contribution in [3.63, 3.8) is 0 Å². The van der Waals surface area contributed by atoms with Gasteiger partial charge in [-0.05, 0) is 31.2 Å². The lowest BCUT2D eigenvalue weighted by Crippen LogP contribution is -2.01. The van der Waals surface area contributed by atoms with Crippen LogP contribution in [0.3, 0.4) is 0 Å². The maximum atomic E-state index is 11.1. The number of rotatable bonds is 5. The highest BCUT2D eigenvalue weighted by Crippen LogP contribution is 2.26. The zero-order valence-corrected chi connectivity index (χ0v) is 15.9. The molecule has 27 heavy (non-hydrogen) atoms. The molecule has 0 atom stereocenters. The maximum absolute atomic E-state index is 11.1. The number of carbonyl (C=O) groups is 2. The SMILES string of the molecule is CC(=O)c1ccc(Cl)c([N+](=O)[O-])c1.O=C(CCl)c1ccc(Cl)c([N+](=O)[O-])c1. The summed E-state index contributed by atoms with van der Waals surface area (Å²) in [5.74, 6) is -0.801. The highest BCUT2D eigenvalue weighted by molar-refractivity contribution is 6.33. The van der Waals surface area contributed by atoms with Crippen LogP contribution in [0.2, 0.25) is 10.0 Å². The lowest BCUT2D eigenvalue weighted by Gasteiger charge is -1.98. The molecule has 0 unspecified atom stereocenters. The molecule has 11 heteroatoms. The first-order chi connectivity index (χ1) is 12.6. The number of nitrogens with zero attached hydrogens (tertiary/aromatic N) is 2. The van der Waals surface area contributed by atoms with Gasteiger partial charge in [-0.15, -0.1) is 11.6 Å².